The molecule has 0 heterocycles. The Hall–Kier alpha value is -2.93. The summed E-state index contributed by atoms with van der Waals surface area (Å²) < 4.78 is 10.7. The minimum atomic E-state index is 0. The molecule has 0 bridgehead atoms. The molecule has 0 saturated carbocycles. The number of hydrogen-bond acceptors (Lipinski definition) is 4. The molecule has 0 saturated heterocycles. The van der Waals surface area contributed by atoms with Crippen molar-refractivity contribution in [1.29, 1.82) is 0 Å². The van der Waals surface area contributed by atoms with Crippen LogP contribution in [0.15, 0.2) is 102 Å². The van der Waals surface area contributed by atoms with Gasteiger partial charge in [0.05, 0.1) is 19.9 Å². The molecule has 0 fully saturated rings. The fourth-order valence-electron chi connectivity index (χ4n) is 3.82. The molecule has 0 unspecified atom stereocenters. The molecule has 4 nitrogen and oxygen atoms in total. The first-order valence-electron chi connectivity index (χ1n) is 12.1. The quantitative estimate of drug-likeness (QED) is 0.140. The number of halogens is 2. The van der Waals surface area contributed by atoms with E-state index in [4.69, 9.17) is 26.1 Å². The summed E-state index contributed by atoms with van der Waals surface area (Å²) in [7, 11) is 3.37. The van der Waals surface area contributed by atoms with E-state index in [1.54, 1.807) is 26.0 Å². The van der Waals surface area contributed by atoms with E-state index in [1.165, 1.54) is 16.7 Å². The Bertz CT molecular complexity index is 1270. The van der Waals surface area contributed by atoms with Crippen LogP contribution >= 0.6 is 40.3 Å². The standard InChI is InChI=1S/C31H31ClN2O2S.BrH/c1-23-9-14-27(32)19-30(23)33-31(37-22-26-7-5-4-6-8-26)34(20-24-10-15-28(35-2)16-11-24)21-25-12-17-29(36-3)18-13-25;/h4-19H,20-22H2,1-3H3;1H. The summed E-state index contributed by atoms with van der Waals surface area (Å²) >= 11 is 8.09. The zero-order valence-electron chi connectivity index (χ0n) is 21.8. The van der Waals surface area contributed by atoms with Crippen LogP contribution in [0.5, 0.6) is 11.5 Å². The average Bonchev–Trinajstić information content (AvgIpc) is 2.94. The van der Waals surface area contributed by atoms with Crippen molar-refractivity contribution in [3.63, 3.8) is 0 Å². The normalized spacial score (nSPS) is 11.0. The highest BCUT2D eigenvalue weighted by molar-refractivity contribution is 8.93. The number of thioether (sulfide) groups is 1. The van der Waals surface area contributed by atoms with E-state index in [9.17, 15) is 0 Å². The molecule has 4 aromatic carbocycles. The minimum Gasteiger partial charge on any atom is -0.497 e. The van der Waals surface area contributed by atoms with Crippen molar-refractivity contribution in [3.8, 4) is 11.5 Å². The van der Waals surface area contributed by atoms with Crippen molar-refractivity contribution < 1.29 is 9.47 Å². The van der Waals surface area contributed by atoms with E-state index in [1.807, 2.05) is 48.5 Å². The van der Waals surface area contributed by atoms with Crippen molar-refractivity contribution in [3.05, 3.63) is 124 Å². The van der Waals surface area contributed by atoms with Gasteiger partial charge in [0.1, 0.15) is 11.5 Å². The number of rotatable bonds is 9. The summed E-state index contributed by atoms with van der Waals surface area (Å²) in [5, 5.41) is 1.61. The average molecular weight is 612 g/mol. The molecule has 198 valence electrons. The second-order valence-corrected chi connectivity index (χ2v) is 10.0. The molecule has 0 aliphatic heterocycles. The molecule has 0 N–H and O–H groups in total. The van der Waals surface area contributed by atoms with E-state index < -0.39 is 0 Å². The Kier molecular flexibility index (Phi) is 11.6. The Morgan fingerprint density at radius 2 is 1.32 bits per heavy atom. The number of aliphatic imine (C=N–C) groups is 1. The first-order valence-corrected chi connectivity index (χ1v) is 13.4. The molecule has 4 rings (SSSR count). The van der Waals surface area contributed by atoms with Crippen LogP contribution in [0, 0.1) is 6.92 Å². The lowest BCUT2D eigenvalue weighted by atomic mass is 10.1. The first-order chi connectivity index (χ1) is 18.0. The Balaban J connectivity index is 0.00000400. The summed E-state index contributed by atoms with van der Waals surface area (Å²) in [4.78, 5) is 7.48. The van der Waals surface area contributed by atoms with Gasteiger partial charge in [0.25, 0.3) is 0 Å². The fourth-order valence-corrected chi connectivity index (χ4v) is 4.95. The summed E-state index contributed by atoms with van der Waals surface area (Å²) in [6, 6.07) is 32.7. The number of ether oxygens (including phenoxy) is 2. The van der Waals surface area contributed by atoms with Crippen molar-refractivity contribution >= 4 is 51.2 Å². The van der Waals surface area contributed by atoms with Crippen LogP contribution in [-0.2, 0) is 18.8 Å². The molecule has 7 heteroatoms. The third-order valence-electron chi connectivity index (χ3n) is 5.93. The topological polar surface area (TPSA) is 34.1 Å². The van der Waals surface area contributed by atoms with Crippen molar-refractivity contribution in [2.24, 2.45) is 4.99 Å². The van der Waals surface area contributed by atoms with Gasteiger partial charge in [0.2, 0.25) is 0 Å². The highest BCUT2D eigenvalue weighted by Gasteiger charge is 2.16. The van der Waals surface area contributed by atoms with Gasteiger partial charge in [0.15, 0.2) is 5.17 Å². The lowest BCUT2D eigenvalue weighted by Crippen LogP contribution is -2.28. The van der Waals surface area contributed by atoms with E-state index >= 15 is 0 Å². The van der Waals surface area contributed by atoms with Crippen LogP contribution in [0.3, 0.4) is 0 Å². The van der Waals surface area contributed by atoms with Crippen LogP contribution < -0.4 is 9.47 Å². The van der Waals surface area contributed by atoms with Gasteiger partial charge in [-0.25, -0.2) is 4.99 Å². The summed E-state index contributed by atoms with van der Waals surface area (Å²) in [6.45, 7) is 3.44. The number of nitrogens with zero attached hydrogens (tertiary/aromatic N) is 2. The summed E-state index contributed by atoms with van der Waals surface area (Å²) in [6.07, 6.45) is 0. The Morgan fingerprint density at radius 1 is 0.763 bits per heavy atom. The van der Waals surface area contributed by atoms with Gasteiger partial charge in [-0.3, -0.25) is 0 Å². The highest BCUT2D eigenvalue weighted by atomic mass is 79.9. The largest absolute Gasteiger partial charge is 0.497 e. The van der Waals surface area contributed by atoms with Crippen LogP contribution in [0.4, 0.5) is 5.69 Å². The van der Waals surface area contributed by atoms with Crippen LogP contribution in [0.2, 0.25) is 5.02 Å². The number of aryl methyl sites for hydroxylation is 1. The van der Waals surface area contributed by atoms with Crippen molar-refractivity contribution in [2.45, 2.75) is 25.8 Å². The lowest BCUT2D eigenvalue weighted by Gasteiger charge is -2.27. The number of methoxy groups -OCH3 is 2. The Morgan fingerprint density at radius 3 is 1.84 bits per heavy atom. The van der Waals surface area contributed by atoms with Gasteiger partial charge in [-0.1, -0.05) is 84.0 Å². The van der Waals surface area contributed by atoms with Gasteiger partial charge >= 0.3 is 0 Å². The lowest BCUT2D eigenvalue weighted by molar-refractivity contribution is 0.405. The maximum Gasteiger partial charge on any atom is 0.165 e. The van der Waals surface area contributed by atoms with Gasteiger partial charge in [0, 0.05) is 23.9 Å². The first kappa shape index (κ1) is 29.6. The monoisotopic (exact) mass is 610 g/mol. The molecule has 0 aliphatic carbocycles. The summed E-state index contributed by atoms with van der Waals surface area (Å²) in [5.41, 5.74) is 5.54. The zero-order valence-corrected chi connectivity index (χ0v) is 25.0. The zero-order chi connectivity index (χ0) is 26.0. The molecule has 0 spiro atoms. The maximum absolute atomic E-state index is 6.36. The highest BCUT2D eigenvalue weighted by Crippen LogP contribution is 2.29. The third kappa shape index (κ3) is 8.55. The molecule has 0 amide bonds. The van der Waals surface area contributed by atoms with E-state index in [-0.39, 0.29) is 17.0 Å². The van der Waals surface area contributed by atoms with Crippen molar-refractivity contribution in [1.82, 2.24) is 4.90 Å². The second-order valence-electron chi connectivity index (χ2n) is 8.65. The molecule has 0 aromatic heterocycles. The summed E-state index contributed by atoms with van der Waals surface area (Å²) in [5.74, 6) is 2.49. The molecular weight excluding hydrogens is 580 g/mol. The second kappa shape index (κ2) is 14.9. The molecule has 38 heavy (non-hydrogen) atoms. The number of benzene rings is 4. The molecule has 4 aromatic rings. The number of amidine groups is 1. The minimum absolute atomic E-state index is 0. The molecule has 0 radical (unpaired) electrons. The van der Waals surface area contributed by atoms with E-state index in [0.717, 1.165) is 33.7 Å². The van der Waals surface area contributed by atoms with Gasteiger partial charge in [-0.15, -0.1) is 17.0 Å². The van der Waals surface area contributed by atoms with Crippen LogP contribution in [0.1, 0.15) is 22.3 Å². The molecular formula is C31H32BrClN2O2S. The SMILES string of the molecule is Br.COc1ccc(CN(Cc2ccc(OC)cc2)C(=Nc2cc(Cl)ccc2C)SCc2ccccc2)cc1. The maximum atomic E-state index is 6.36. The third-order valence-corrected chi connectivity index (χ3v) is 7.25. The van der Waals surface area contributed by atoms with Crippen LogP contribution in [-0.4, -0.2) is 24.3 Å². The van der Waals surface area contributed by atoms with Gasteiger partial charge < -0.3 is 14.4 Å². The predicted molar refractivity (Wildman–Crippen MR) is 167 cm³/mol. The predicted octanol–water partition coefficient (Wildman–Crippen LogP) is 8.87. The van der Waals surface area contributed by atoms with E-state index in [2.05, 4.69) is 60.4 Å². The van der Waals surface area contributed by atoms with Gasteiger partial charge in [-0.2, -0.15) is 0 Å². The Labute approximate surface area is 245 Å². The van der Waals surface area contributed by atoms with E-state index in [0.29, 0.717) is 18.1 Å². The van der Waals surface area contributed by atoms with Crippen LogP contribution in [0.25, 0.3) is 0 Å². The van der Waals surface area contributed by atoms with Crippen molar-refractivity contribution in [2.75, 3.05) is 14.2 Å². The number of hydrogen-bond donors (Lipinski definition) is 0. The molecule has 0 aliphatic rings. The smallest absolute Gasteiger partial charge is 0.165 e. The van der Waals surface area contributed by atoms with Gasteiger partial charge in [-0.05, 0) is 65.6 Å². The fraction of sp³-hybridized carbons (Fsp3) is 0.194. The molecule has 0 atom stereocenters.